The van der Waals surface area contributed by atoms with E-state index in [1.807, 2.05) is 0 Å². The van der Waals surface area contributed by atoms with E-state index in [-0.39, 0.29) is 6.61 Å². The lowest BCUT2D eigenvalue weighted by Crippen LogP contribution is -2.19. The minimum absolute atomic E-state index is 0.278. The Hall–Kier alpha value is -0.860. The molecule has 1 aromatic rings. The van der Waals surface area contributed by atoms with Crippen LogP contribution in [0.4, 0.5) is 0 Å². The van der Waals surface area contributed by atoms with Crippen LogP contribution < -0.4 is 0 Å². The highest BCUT2D eigenvalue weighted by atomic mass is 16.3. The molecule has 2 heteroatoms. The third-order valence-corrected chi connectivity index (χ3v) is 2.71. The summed E-state index contributed by atoms with van der Waals surface area (Å²) in [5, 5.41) is 8.75. The molecule has 0 aliphatic heterocycles. The average molecular weight is 221 g/mol. The summed E-state index contributed by atoms with van der Waals surface area (Å²) in [6.45, 7) is 4.40. The van der Waals surface area contributed by atoms with E-state index < -0.39 is 0 Å². The van der Waals surface area contributed by atoms with Gasteiger partial charge in [0.2, 0.25) is 0 Å². The lowest BCUT2D eigenvalue weighted by Gasteiger charge is -2.16. The second-order valence-electron chi connectivity index (χ2n) is 4.38. The van der Waals surface area contributed by atoms with Crippen molar-refractivity contribution in [3.63, 3.8) is 0 Å². The molecule has 0 fully saturated rings. The average Bonchev–Trinajstić information content (AvgIpc) is 2.29. The largest absolute Gasteiger partial charge is 0.396 e. The molecule has 0 saturated heterocycles. The minimum atomic E-state index is 0.278. The van der Waals surface area contributed by atoms with Crippen molar-refractivity contribution in [1.29, 1.82) is 0 Å². The third-order valence-electron chi connectivity index (χ3n) is 2.71. The first kappa shape index (κ1) is 13.2. The van der Waals surface area contributed by atoms with Crippen molar-refractivity contribution in [3.8, 4) is 0 Å². The van der Waals surface area contributed by atoms with Gasteiger partial charge in [-0.1, -0.05) is 37.6 Å². The number of benzene rings is 1. The zero-order valence-corrected chi connectivity index (χ0v) is 10.4. The van der Waals surface area contributed by atoms with Crippen molar-refractivity contribution in [2.75, 3.05) is 20.2 Å². The molecule has 0 atom stereocenters. The van der Waals surface area contributed by atoms with Crippen molar-refractivity contribution in [3.05, 3.63) is 35.4 Å². The number of aliphatic hydroxyl groups excluding tert-OH is 1. The predicted molar refractivity (Wildman–Crippen MR) is 68.5 cm³/mol. The Balaban J connectivity index is 2.41. The molecule has 0 aliphatic carbocycles. The Kier molecular flexibility index (Phi) is 6.12. The molecule has 1 rings (SSSR count). The fourth-order valence-corrected chi connectivity index (χ4v) is 1.83. The van der Waals surface area contributed by atoms with E-state index in [2.05, 4.69) is 43.1 Å². The van der Waals surface area contributed by atoms with E-state index in [0.29, 0.717) is 0 Å². The standard InChI is InChI=1S/C14H23NO/c1-3-5-13-6-8-14(9-7-13)12-15(2)10-4-11-16/h6-9,16H,3-5,10-12H2,1-2H3. The maximum Gasteiger partial charge on any atom is 0.0443 e. The Morgan fingerprint density at radius 2 is 1.75 bits per heavy atom. The van der Waals surface area contributed by atoms with Crippen LogP contribution in [-0.4, -0.2) is 30.2 Å². The van der Waals surface area contributed by atoms with Crippen LogP contribution in [0.2, 0.25) is 0 Å². The number of aliphatic hydroxyl groups is 1. The number of rotatable bonds is 7. The van der Waals surface area contributed by atoms with Crippen LogP contribution in [0.5, 0.6) is 0 Å². The molecule has 0 unspecified atom stereocenters. The van der Waals surface area contributed by atoms with Crippen LogP contribution in [0.15, 0.2) is 24.3 Å². The van der Waals surface area contributed by atoms with Gasteiger partial charge in [0.15, 0.2) is 0 Å². The van der Waals surface area contributed by atoms with Gasteiger partial charge in [-0.2, -0.15) is 0 Å². The monoisotopic (exact) mass is 221 g/mol. The molecule has 90 valence electrons. The summed E-state index contributed by atoms with van der Waals surface area (Å²) in [5.74, 6) is 0. The maximum atomic E-state index is 8.75. The third kappa shape index (κ3) is 4.77. The SMILES string of the molecule is CCCc1ccc(CN(C)CCCO)cc1. The molecule has 1 N–H and O–H groups in total. The quantitative estimate of drug-likeness (QED) is 0.764. The number of aryl methyl sites for hydroxylation is 1. The summed E-state index contributed by atoms with van der Waals surface area (Å²) in [6, 6.07) is 8.86. The molecule has 0 spiro atoms. The van der Waals surface area contributed by atoms with Crippen molar-refractivity contribution in [2.24, 2.45) is 0 Å². The zero-order chi connectivity index (χ0) is 11.8. The van der Waals surface area contributed by atoms with Crippen LogP contribution >= 0.6 is 0 Å². The lowest BCUT2D eigenvalue weighted by molar-refractivity contribution is 0.244. The second kappa shape index (κ2) is 7.42. The molecular weight excluding hydrogens is 198 g/mol. The number of hydrogen-bond donors (Lipinski definition) is 1. The van der Waals surface area contributed by atoms with Crippen LogP contribution in [0.1, 0.15) is 30.9 Å². The van der Waals surface area contributed by atoms with E-state index in [1.54, 1.807) is 0 Å². The van der Waals surface area contributed by atoms with Crippen molar-refractivity contribution in [2.45, 2.75) is 32.7 Å². The van der Waals surface area contributed by atoms with Gasteiger partial charge in [0.25, 0.3) is 0 Å². The topological polar surface area (TPSA) is 23.5 Å². The molecule has 0 saturated carbocycles. The van der Waals surface area contributed by atoms with Crippen LogP contribution in [-0.2, 0) is 13.0 Å². The molecule has 0 radical (unpaired) electrons. The highest BCUT2D eigenvalue weighted by molar-refractivity contribution is 5.22. The fourth-order valence-electron chi connectivity index (χ4n) is 1.83. The summed E-state index contributed by atoms with van der Waals surface area (Å²) >= 11 is 0. The van der Waals surface area contributed by atoms with Crippen LogP contribution in [0, 0.1) is 0 Å². The maximum absolute atomic E-state index is 8.75. The first-order valence-corrected chi connectivity index (χ1v) is 6.13. The van der Waals surface area contributed by atoms with Gasteiger partial charge < -0.3 is 10.0 Å². The van der Waals surface area contributed by atoms with E-state index in [0.717, 1.165) is 19.5 Å². The number of nitrogens with zero attached hydrogens (tertiary/aromatic N) is 1. The molecule has 0 bridgehead atoms. The van der Waals surface area contributed by atoms with E-state index in [4.69, 9.17) is 5.11 Å². The summed E-state index contributed by atoms with van der Waals surface area (Å²) < 4.78 is 0. The van der Waals surface area contributed by atoms with Crippen LogP contribution in [0.25, 0.3) is 0 Å². The first-order valence-electron chi connectivity index (χ1n) is 6.13. The van der Waals surface area contributed by atoms with Gasteiger partial charge in [-0.15, -0.1) is 0 Å². The molecule has 2 nitrogen and oxygen atoms in total. The fraction of sp³-hybridized carbons (Fsp3) is 0.571. The Labute approximate surface area is 98.9 Å². The smallest absolute Gasteiger partial charge is 0.0443 e. The minimum Gasteiger partial charge on any atom is -0.396 e. The summed E-state index contributed by atoms with van der Waals surface area (Å²) in [7, 11) is 2.09. The molecule has 0 amide bonds. The summed E-state index contributed by atoms with van der Waals surface area (Å²) in [5.41, 5.74) is 2.77. The van der Waals surface area contributed by atoms with Crippen molar-refractivity contribution < 1.29 is 5.11 Å². The normalized spacial score (nSPS) is 11.0. The van der Waals surface area contributed by atoms with Gasteiger partial charge in [-0.25, -0.2) is 0 Å². The highest BCUT2D eigenvalue weighted by Gasteiger charge is 2.00. The Bertz CT molecular complexity index is 281. The summed E-state index contributed by atoms with van der Waals surface area (Å²) in [6.07, 6.45) is 3.22. The Morgan fingerprint density at radius 1 is 1.12 bits per heavy atom. The molecule has 1 aromatic carbocycles. The Morgan fingerprint density at radius 3 is 2.31 bits per heavy atom. The lowest BCUT2D eigenvalue weighted by atomic mass is 10.1. The second-order valence-corrected chi connectivity index (χ2v) is 4.38. The highest BCUT2D eigenvalue weighted by Crippen LogP contribution is 2.08. The molecule has 0 aliphatic rings. The van der Waals surface area contributed by atoms with Gasteiger partial charge in [0.1, 0.15) is 0 Å². The van der Waals surface area contributed by atoms with Gasteiger partial charge in [0, 0.05) is 19.7 Å². The molecule has 0 aromatic heterocycles. The van der Waals surface area contributed by atoms with Crippen LogP contribution in [0.3, 0.4) is 0 Å². The summed E-state index contributed by atoms with van der Waals surface area (Å²) in [4.78, 5) is 2.24. The number of hydrogen-bond acceptors (Lipinski definition) is 2. The van der Waals surface area contributed by atoms with Gasteiger partial charge in [-0.3, -0.25) is 0 Å². The predicted octanol–water partition coefficient (Wildman–Crippen LogP) is 2.45. The van der Waals surface area contributed by atoms with Gasteiger partial charge in [-0.05, 0) is 31.0 Å². The van der Waals surface area contributed by atoms with Crippen molar-refractivity contribution >= 4 is 0 Å². The zero-order valence-electron chi connectivity index (χ0n) is 10.4. The first-order chi connectivity index (χ1) is 7.76. The van der Waals surface area contributed by atoms with Crippen molar-refractivity contribution in [1.82, 2.24) is 4.90 Å². The molecule has 0 heterocycles. The molecule has 16 heavy (non-hydrogen) atoms. The van der Waals surface area contributed by atoms with Gasteiger partial charge in [0.05, 0.1) is 0 Å². The van der Waals surface area contributed by atoms with E-state index >= 15 is 0 Å². The van der Waals surface area contributed by atoms with Gasteiger partial charge >= 0.3 is 0 Å². The van der Waals surface area contributed by atoms with E-state index in [9.17, 15) is 0 Å². The van der Waals surface area contributed by atoms with E-state index in [1.165, 1.54) is 24.0 Å². The molecular formula is C14H23NO.